The van der Waals surface area contributed by atoms with Crippen molar-refractivity contribution in [1.29, 1.82) is 0 Å². The van der Waals surface area contributed by atoms with Crippen molar-refractivity contribution in [1.82, 2.24) is 10.2 Å². The van der Waals surface area contributed by atoms with Gasteiger partial charge in [0.15, 0.2) is 5.96 Å². The molecule has 0 bridgehead atoms. The van der Waals surface area contributed by atoms with E-state index in [0.717, 1.165) is 37.5 Å². The number of piperidine rings is 1. The highest BCUT2D eigenvalue weighted by molar-refractivity contribution is 6.36. The third kappa shape index (κ3) is 5.02. The summed E-state index contributed by atoms with van der Waals surface area (Å²) in [5.74, 6) is 0.841. The number of benzene rings is 1. The fraction of sp³-hybridized carbons (Fsp3) is 0.556. The van der Waals surface area contributed by atoms with Gasteiger partial charge in [-0.25, -0.2) is 0 Å². The van der Waals surface area contributed by atoms with Crippen LogP contribution >= 0.6 is 23.2 Å². The molecule has 2 rings (SSSR count). The van der Waals surface area contributed by atoms with Gasteiger partial charge in [-0.3, -0.25) is 9.79 Å². The van der Waals surface area contributed by atoms with E-state index >= 15 is 0 Å². The number of guanidine groups is 1. The van der Waals surface area contributed by atoms with Crippen LogP contribution < -0.4 is 5.32 Å². The first kappa shape index (κ1) is 19.9. The van der Waals surface area contributed by atoms with Crippen molar-refractivity contribution in [3.8, 4) is 0 Å². The summed E-state index contributed by atoms with van der Waals surface area (Å²) in [6.45, 7) is 4.31. The van der Waals surface area contributed by atoms with E-state index in [0.29, 0.717) is 16.6 Å². The normalized spacial score (nSPS) is 17.3. The van der Waals surface area contributed by atoms with E-state index in [9.17, 15) is 4.79 Å². The van der Waals surface area contributed by atoms with Crippen molar-refractivity contribution in [3.05, 3.63) is 33.8 Å². The zero-order valence-electron chi connectivity index (χ0n) is 14.9. The van der Waals surface area contributed by atoms with Crippen molar-refractivity contribution in [3.63, 3.8) is 0 Å². The molecule has 1 aromatic carbocycles. The van der Waals surface area contributed by atoms with Crippen LogP contribution in [0.2, 0.25) is 10.0 Å². The predicted molar refractivity (Wildman–Crippen MR) is 103 cm³/mol. The van der Waals surface area contributed by atoms with Gasteiger partial charge in [-0.05, 0) is 30.5 Å². The number of likely N-dealkylation sites (tertiary alicyclic amines) is 1. The number of halogens is 2. The average molecular weight is 386 g/mol. The number of aliphatic imine (C=N–C) groups is 1. The Balaban J connectivity index is 1.92. The van der Waals surface area contributed by atoms with Crippen molar-refractivity contribution in [2.45, 2.75) is 25.7 Å². The number of rotatable bonds is 4. The number of nitrogens with zero attached hydrogens (tertiary/aromatic N) is 2. The molecule has 0 amide bonds. The molecule has 5 nitrogen and oxygen atoms in total. The van der Waals surface area contributed by atoms with Crippen molar-refractivity contribution in [2.24, 2.45) is 10.9 Å². The van der Waals surface area contributed by atoms with Gasteiger partial charge in [0.2, 0.25) is 0 Å². The first-order valence-electron chi connectivity index (χ1n) is 8.45. The zero-order valence-corrected chi connectivity index (χ0v) is 16.4. The number of nitrogens with one attached hydrogen (secondary N) is 1. The minimum atomic E-state index is -0.121. The van der Waals surface area contributed by atoms with Gasteiger partial charge in [0.25, 0.3) is 0 Å². The van der Waals surface area contributed by atoms with Crippen LogP contribution in [0.3, 0.4) is 0 Å². The molecule has 138 valence electrons. The number of hydrogen-bond donors (Lipinski definition) is 1. The van der Waals surface area contributed by atoms with Gasteiger partial charge >= 0.3 is 5.97 Å². The number of esters is 1. The molecule has 7 heteroatoms. The highest BCUT2D eigenvalue weighted by Crippen LogP contribution is 2.31. The number of carbonyl (C=O) groups is 1. The van der Waals surface area contributed by atoms with Crippen LogP contribution in [-0.4, -0.2) is 50.6 Å². The van der Waals surface area contributed by atoms with Gasteiger partial charge in [-0.15, -0.1) is 0 Å². The summed E-state index contributed by atoms with van der Waals surface area (Å²) in [7, 11) is 3.21. The first-order valence-corrected chi connectivity index (χ1v) is 9.20. The van der Waals surface area contributed by atoms with Gasteiger partial charge < -0.3 is 15.0 Å². The molecule has 1 fully saturated rings. The number of ether oxygens (including phenoxy) is 1. The van der Waals surface area contributed by atoms with Gasteiger partial charge in [0, 0.05) is 42.6 Å². The van der Waals surface area contributed by atoms with Crippen LogP contribution in [0.25, 0.3) is 0 Å². The summed E-state index contributed by atoms with van der Waals surface area (Å²) in [6.07, 6.45) is 1.55. The predicted octanol–water partition coefficient (Wildman–Crippen LogP) is 3.56. The largest absolute Gasteiger partial charge is 0.469 e. The van der Waals surface area contributed by atoms with Crippen molar-refractivity contribution >= 4 is 35.1 Å². The lowest BCUT2D eigenvalue weighted by atomic mass is 9.97. The van der Waals surface area contributed by atoms with Crippen LogP contribution in [0.4, 0.5) is 0 Å². The minimum Gasteiger partial charge on any atom is -0.469 e. The van der Waals surface area contributed by atoms with E-state index in [1.807, 2.05) is 18.2 Å². The fourth-order valence-corrected chi connectivity index (χ4v) is 3.92. The molecule has 1 saturated heterocycles. The van der Waals surface area contributed by atoms with E-state index in [1.54, 1.807) is 7.05 Å². The van der Waals surface area contributed by atoms with Crippen LogP contribution in [0.1, 0.15) is 31.2 Å². The molecule has 25 heavy (non-hydrogen) atoms. The summed E-state index contributed by atoms with van der Waals surface area (Å²) < 4.78 is 4.83. The number of methoxy groups -OCH3 is 1. The second-order valence-electron chi connectivity index (χ2n) is 6.25. The van der Waals surface area contributed by atoms with Gasteiger partial charge in [-0.2, -0.15) is 0 Å². The molecule has 1 heterocycles. The molecule has 0 spiro atoms. The SMILES string of the molecule is CN=C(NCC(C)c1c(Cl)cccc1Cl)N1CCC(C(=O)OC)CC1. The molecule has 1 atom stereocenters. The summed E-state index contributed by atoms with van der Waals surface area (Å²) in [4.78, 5) is 18.2. The highest BCUT2D eigenvalue weighted by atomic mass is 35.5. The molecule has 0 aliphatic carbocycles. The van der Waals surface area contributed by atoms with Gasteiger partial charge in [-0.1, -0.05) is 36.2 Å². The van der Waals surface area contributed by atoms with Gasteiger partial charge in [0.1, 0.15) is 0 Å². The maximum absolute atomic E-state index is 11.6. The number of carbonyl (C=O) groups excluding carboxylic acids is 1. The van der Waals surface area contributed by atoms with E-state index < -0.39 is 0 Å². The molecule has 1 aliphatic heterocycles. The zero-order chi connectivity index (χ0) is 18.4. The van der Waals surface area contributed by atoms with Crippen LogP contribution in [-0.2, 0) is 9.53 Å². The van der Waals surface area contributed by atoms with Gasteiger partial charge in [0.05, 0.1) is 13.0 Å². The second-order valence-corrected chi connectivity index (χ2v) is 7.06. The van der Waals surface area contributed by atoms with E-state index in [4.69, 9.17) is 27.9 Å². The van der Waals surface area contributed by atoms with Crippen LogP contribution in [0.5, 0.6) is 0 Å². The lowest BCUT2D eigenvalue weighted by Crippen LogP contribution is -2.47. The summed E-state index contributed by atoms with van der Waals surface area (Å²) in [5, 5.41) is 4.75. The molecule has 0 radical (unpaired) electrons. The first-order chi connectivity index (χ1) is 12.0. The Morgan fingerprint density at radius 1 is 1.36 bits per heavy atom. The molecular weight excluding hydrogens is 361 g/mol. The molecule has 0 aromatic heterocycles. The van der Waals surface area contributed by atoms with Crippen LogP contribution in [0.15, 0.2) is 23.2 Å². The Labute approximate surface area is 159 Å². The maximum atomic E-state index is 11.6. The molecule has 1 aromatic rings. The fourth-order valence-electron chi connectivity index (χ4n) is 3.15. The average Bonchev–Trinajstić information content (AvgIpc) is 2.62. The Hall–Kier alpha value is -1.46. The van der Waals surface area contributed by atoms with E-state index in [1.165, 1.54) is 7.11 Å². The third-order valence-electron chi connectivity index (χ3n) is 4.60. The van der Waals surface area contributed by atoms with Crippen molar-refractivity contribution < 1.29 is 9.53 Å². The van der Waals surface area contributed by atoms with E-state index in [-0.39, 0.29) is 17.8 Å². The minimum absolute atomic E-state index is 0.0137. The molecular formula is C18H25Cl2N3O2. The number of hydrogen-bond acceptors (Lipinski definition) is 3. The van der Waals surface area contributed by atoms with Crippen LogP contribution in [0, 0.1) is 5.92 Å². The summed E-state index contributed by atoms with van der Waals surface area (Å²) >= 11 is 12.6. The quantitative estimate of drug-likeness (QED) is 0.489. The Morgan fingerprint density at radius 3 is 2.48 bits per heavy atom. The summed E-state index contributed by atoms with van der Waals surface area (Å²) in [6, 6.07) is 5.55. The molecule has 0 saturated carbocycles. The van der Waals surface area contributed by atoms with Crippen molar-refractivity contribution in [2.75, 3.05) is 33.8 Å². The monoisotopic (exact) mass is 385 g/mol. The highest BCUT2D eigenvalue weighted by Gasteiger charge is 2.27. The third-order valence-corrected chi connectivity index (χ3v) is 5.26. The summed E-state index contributed by atoms with van der Waals surface area (Å²) in [5.41, 5.74) is 0.943. The Bertz CT molecular complexity index is 608. The maximum Gasteiger partial charge on any atom is 0.308 e. The lowest BCUT2D eigenvalue weighted by molar-refractivity contribution is -0.146. The topological polar surface area (TPSA) is 53.9 Å². The molecule has 1 aliphatic rings. The smallest absolute Gasteiger partial charge is 0.308 e. The molecule has 1 N–H and O–H groups in total. The van der Waals surface area contributed by atoms with E-state index in [2.05, 4.69) is 22.1 Å². The second kappa shape index (κ2) is 9.30. The molecule has 1 unspecified atom stereocenters. The lowest BCUT2D eigenvalue weighted by Gasteiger charge is -2.33. The standard InChI is InChI=1S/C18H25Cl2N3O2/c1-12(16-14(19)5-4-6-15(16)20)11-22-18(21-2)23-9-7-13(8-10-23)17(24)25-3/h4-6,12-13H,7-11H2,1-3H3,(H,21,22). The Morgan fingerprint density at radius 2 is 1.96 bits per heavy atom. The Kier molecular flexibility index (Phi) is 7.38.